The second-order valence-electron chi connectivity index (χ2n) is 3.09. The van der Waals surface area contributed by atoms with E-state index in [2.05, 4.69) is 37.1 Å². The van der Waals surface area contributed by atoms with Gasteiger partial charge in [-0.1, -0.05) is 6.92 Å². The molecule has 0 aliphatic heterocycles. The maximum atomic E-state index is 5.45. The Morgan fingerprint density at radius 1 is 1.50 bits per heavy atom. The lowest BCUT2D eigenvalue weighted by atomic mass is 10.1. The lowest BCUT2D eigenvalue weighted by Crippen LogP contribution is -1.92. The summed E-state index contributed by atoms with van der Waals surface area (Å²) in [4.78, 5) is 1.03. The van der Waals surface area contributed by atoms with E-state index in [1.165, 1.54) is 15.6 Å². The highest BCUT2D eigenvalue weighted by Gasteiger charge is 2.11. The molecule has 0 aliphatic rings. The van der Waals surface area contributed by atoms with E-state index in [0.29, 0.717) is 0 Å². The van der Waals surface area contributed by atoms with Gasteiger partial charge in [-0.3, -0.25) is 0 Å². The molecule has 0 atom stereocenters. The lowest BCUT2D eigenvalue weighted by Gasteiger charge is -2.10. The number of hydrogen-bond donors (Lipinski definition) is 1. The Hall–Kier alpha value is -0.670. The van der Waals surface area contributed by atoms with Crippen LogP contribution < -0.4 is 4.74 Å². The zero-order chi connectivity index (χ0) is 10.1. The summed E-state index contributed by atoms with van der Waals surface area (Å²) in [5.41, 5.74) is 1.20. The minimum absolute atomic E-state index is 0.952. The van der Waals surface area contributed by atoms with E-state index in [4.69, 9.17) is 4.74 Å². The first kappa shape index (κ1) is 9.87. The summed E-state index contributed by atoms with van der Waals surface area (Å²) in [7, 11) is 1.72. The van der Waals surface area contributed by atoms with Gasteiger partial charge >= 0.3 is 0 Å². The van der Waals surface area contributed by atoms with E-state index in [-0.39, 0.29) is 0 Å². The van der Waals surface area contributed by atoms with Crippen LogP contribution in [-0.4, -0.2) is 7.11 Å². The fraction of sp³-hybridized carbons (Fsp3) is 0.273. The molecule has 14 heavy (non-hydrogen) atoms. The van der Waals surface area contributed by atoms with Gasteiger partial charge in [0.25, 0.3) is 0 Å². The quantitative estimate of drug-likeness (QED) is 0.764. The van der Waals surface area contributed by atoms with Gasteiger partial charge < -0.3 is 4.74 Å². The summed E-state index contributed by atoms with van der Waals surface area (Å²) >= 11 is 6.20. The SMILES string of the molecule is CCc1c(S)cc2sccc2c1OC. The molecule has 0 saturated heterocycles. The van der Waals surface area contributed by atoms with Crippen LogP contribution in [-0.2, 0) is 6.42 Å². The maximum absolute atomic E-state index is 5.45. The molecule has 0 fully saturated rings. The van der Waals surface area contributed by atoms with E-state index in [0.717, 1.165) is 17.1 Å². The molecule has 0 aliphatic carbocycles. The van der Waals surface area contributed by atoms with Crippen molar-refractivity contribution in [1.82, 2.24) is 0 Å². The normalized spacial score (nSPS) is 10.8. The number of ether oxygens (including phenoxy) is 1. The standard InChI is InChI=1S/C11H12OS2/c1-3-7-9(13)6-10-8(4-5-14-10)11(7)12-2/h4-6,13H,3H2,1-2H3. The van der Waals surface area contributed by atoms with Gasteiger partial charge in [-0.15, -0.1) is 24.0 Å². The summed E-state index contributed by atoms with van der Waals surface area (Å²) in [6, 6.07) is 4.22. The molecule has 1 heterocycles. The molecule has 74 valence electrons. The second-order valence-corrected chi connectivity index (χ2v) is 4.52. The topological polar surface area (TPSA) is 9.23 Å². The summed E-state index contributed by atoms with van der Waals surface area (Å²) in [5.74, 6) is 0.983. The Kier molecular flexibility index (Phi) is 2.70. The van der Waals surface area contributed by atoms with Crippen molar-refractivity contribution in [3.05, 3.63) is 23.1 Å². The predicted octanol–water partition coefficient (Wildman–Crippen LogP) is 3.76. The van der Waals surface area contributed by atoms with Crippen LogP contribution in [0.5, 0.6) is 5.75 Å². The van der Waals surface area contributed by atoms with Gasteiger partial charge in [0.1, 0.15) is 5.75 Å². The van der Waals surface area contributed by atoms with E-state index in [1.807, 2.05) is 0 Å². The minimum atomic E-state index is 0.952. The zero-order valence-electron chi connectivity index (χ0n) is 8.20. The van der Waals surface area contributed by atoms with Crippen LogP contribution in [0.2, 0.25) is 0 Å². The van der Waals surface area contributed by atoms with Crippen LogP contribution in [0.25, 0.3) is 10.1 Å². The smallest absolute Gasteiger partial charge is 0.131 e. The summed E-state index contributed by atoms with van der Waals surface area (Å²) in [6.07, 6.45) is 0.952. The van der Waals surface area contributed by atoms with Crippen molar-refractivity contribution in [3.8, 4) is 5.75 Å². The van der Waals surface area contributed by atoms with Gasteiger partial charge in [0.2, 0.25) is 0 Å². The molecule has 0 unspecified atom stereocenters. The molecule has 3 heteroatoms. The highest BCUT2D eigenvalue weighted by atomic mass is 32.1. The molecule has 0 spiro atoms. The Morgan fingerprint density at radius 3 is 2.93 bits per heavy atom. The third-order valence-electron chi connectivity index (χ3n) is 2.35. The zero-order valence-corrected chi connectivity index (χ0v) is 9.91. The number of thiol groups is 1. The first-order valence-corrected chi connectivity index (χ1v) is 5.86. The molecule has 0 amide bonds. The molecular formula is C11H12OS2. The minimum Gasteiger partial charge on any atom is -0.496 e. The van der Waals surface area contributed by atoms with Gasteiger partial charge in [0.05, 0.1) is 7.11 Å². The molecule has 2 aromatic rings. The van der Waals surface area contributed by atoms with Crippen molar-refractivity contribution in [2.24, 2.45) is 0 Å². The third-order valence-corrected chi connectivity index (χ3v) is 3.61. The number of fused-ring (bicyclic) bond motifs is 1. The highest BCUT2D eigenvalue weighted by molar-refractivity contribution is 7.80. The number of methoxy groups -OCH3 is 1. The largest absolute Gasteiger partial charge is 0.496 e. The van der Waals surface area contributed by atoms with E-state index in [9.17, 15) is 0 Å². The molecular weight excluding hydrogens is 212 g/mol. The van der Waals surface area contributed by atoms with Crippen LogP contribution >= 0.6 is 24.0 Å². The lowest BCUT2D eigenvalue weighted by molar-refractivity contribution is 0.414. The van der Waals surface area contributed by atoms with Crippen molar-refractivity contribution >= 4 is 34.1 Å². The second kappa shape index (κ2) is 3.83. The molecule has 0 radical (unpaired) electrons. The van der Waals surface area contributed by atoms with E-state index >= 15 is 0 Å². The van der Waals surface area contributed by atoms with Gasteiger partial charge in [-0.05, 0) is 23.9 Å². The van der Waals surface area contributed by atoms with Crippen molar-refractivity contribution in [2.45, 2.75) is 18.2 Å². The van der Waals surface area contributed by atoms with Crippen molar-refractivity contribution < 1.29 is 4.74 Å². The molecule has 1 aromatic carbocycles. The van der Waals surface area contributed by atoms with Crippen LogP contribution in [0.4, 0.5) is 0 Å². The van der Waals surface area contributed by atoms with Gasteiger partial charge in [-0.2, -0.15) is 0 Å². The Labute approximate surface area is 93.1 Å². The molecule has 2 rings (SSSR count). The number of benzene rings is 1. The first-order valence-electron chi connectivity index (χ1n) is 4.54. The number of thiophene rings is 1. The average molecular weight is 224 g/mol. The molecule has 1 aromatic heterocycles. The summed E-state index contributed by atoms with van der Waals surface area (Å²) in [6.45, 7) is 2.12. The average Bonchev–Trinajstić information content (AvgIpc) is 2.62. The van der Waals surface area contributed by atoms with Crippen LogP contribution in [0.1, 0.15) is 12.5 Å². The molecule has 1 nitrogen and oxygen atoms in total. The van der Waals surface area contributed by atoms with Crippen molar-refractivity contribution in [2.75, 3.05) is 7.11 Å². The number of hydrogen-bond acceptors (Lipinski definition) is 3. The fourth-order valence-corrected chi connectivity index (χ4v) is 2.99. The van der Waals surface area contributed by atoms with Gasteiger partial charge in [-0.25, -0.2) is 0 Å². The van der Waals surface area contributed by atoms with Crippen LogP contribution in [0, 0.1) is 0 Å². The van der Waals surface area contributed by atoms with Crippen molar-refractivity contribution in [3.63, 3.8) is 0 Å². The third kappa shape index (κ3) is 1.41. The van der Waals surface area contributed by atoms with Crippen LogP contribution in [0.3, 0.4) is 0 Å². The predicted molar refractivity (Wildman–Crippen MR) is 65.0 cm³/mol. The van der Waals surface area contributed by atoms with Gasteiger partial charge in [0.15, 0.2) is 0 Å². The van der Waals surface area contributed by atoms with E-state index in [1.54, 1.807) is 18.4 Å². The monoisotopic (exact) mass is 224 g/mol. The fourth-order valence-electron chi connectivity index (χ4n) is 1.69. The summed E-state index contributed by atoms with van der Waals surface area (Å²) < 4.78 is 6.69. The Morgan fingerprint density at radius 2 is 2.29 bits per heavy atom. The highest BCUT2D eigenvalue weighted by Crippen LogP contribution is 2.37. The Bertz CT molecular complexity index is 460. The van der Waals surface area contributed by atoms with Crippen molar-refractivity contribution in [1.29, 1.82) is 0 Å². The summed E-state index contributed by atoms with van der Waals surface area (Å²) in [5, 5.41) is 3.28. The van der Waals surface area contributed by atoms with E-state index < -0.39 is 0 Å². The maximum Gasteiger partial charge on any atom is 0.131 e. The molecule has 0 N–H and O–H groups in total. The number of rotatable bonds is 2. The Balaban J connectivity index is 2.82. The first-order chi connectivity index (χ1) is 6.77. The molecule has 0 bridgehead atoms. The van der Waals surface area contributed by atoms with Crippen LogP contribution in [0.15, 0.2) is 22.4 Å². The van der Waals surface area contributed by atoms with Gasteiger partial charge in [0, 0.05) is 20.5 Å². The molecule has 0 saturated carbocycles.